The minimum Gasteiger partial charge on any atom is -0.0887 e. The lowest BCUT2D eigenvalue weighted by Gasteiger charge is -2.10. The zero-order valence-electron chi connectivity index (χ0n) is 10.9. The highest BCUT2D eigenvalue weighted by atomic mass is 79.9. The van der Waals surface area contributed by atoms with Crippen LogP contribution >= 0.6 is 39.1 Å². The number of hydrogen-bond acceptors (Lipinski definition) is 0. The van der Waals surface area contributed by atoms with Crippen LogP contribution in [0.1, 0.15) is 51.0 Å². The Morgan fingerprint density at radius 3 is 2.44 bits per heavy atom. The molecule has 18 heavy (non-hydrogen) atoms. The van der Waals surface area contributed by atoms with Gasteiger partial charge in [-0.3, -0.25) is 0 Å². The third kappa shape index (κ3) is 6.45. The maximum Gasteiger partial charge on any atom is 0.0595 e. The number of halogens is 3. The van der Waals surface area contributed by atoms with Crippen LogP contribution in [0, 0.1) is 0 Å². The molecule has 1 aromatic carbocycles. The summed E-state index contributed by atoms with van der Waals surface area (Å²) in [4.78, 5) is 0.538. The number of hydrogen-bond donors (Lipinski definition) is 0. The van der Waals surface area contributed by atoms with Gasteiger partial charge in [0.2, 0.25) is 0 Å². The largest absolute Gasteiger partial charge is 0.0887 e. The Morgan fingerprint density at radius 2 is 1.78 bits per heavy atom. The Bertz CT molecular complexity index is 352. The molecule has 0 aliphatic carbocycles. The van der Waals surface area contributed by atoms with Gasteiger partial charge in [-0.05, 0) is 30.5 Å². The molecule has 0 aromatic heterocycles. The molecule has 102 valence electrons. The van der Waals surface area contributed by atoms with Gasteiger partial charge in [-0.2, -0.15) is 0 Å². The quantitative estimate of drug-likeness (QED) is 0.362. The lowest BCUT2D eigenvalue weighted by atomic mass is 10.0. The predicted octanol–water partition coefficient (Wildman–Crippen LogP) is 6.66. The first kappa shape index (κ1) is 16.3. The minimum absolute atomic E-state index is 0.538. The van der Waals surface area contributed by atoms with E-state index in [9.17, 15) is 0 Å². The van der Waals surface area contributed by atoms with Crippen LogP contribution in [0.25, 0.3) is 0 Å². The third-order valence-electron chi connectivity index (χ3n) is 3.06. The van der Waals surface area contributed by atoms with Crippen molar-refractivity contribution in [1.29, 1.82) is 0 Å². The summed E-state index contributed by atoms with van der Waals surface area (Å²) in [7, 11) is 0. The van der Waals surface area contributed by atoms with Crippen molar-refractivity contribution in [3.8, 4) is 0 Å². The number of benzene rings is 1. The fraction of sp³-hybridized carbons (Fsp3) is 0.600. The average Bonchev–Trinajstić information content (AvgIpc) is 2.34. The molecule has 3 heteroatoms. The topological polar surface area (TPSA) is 0 Å². The van der Waals surface area contributed by atoms with Crippen LogP contribution in [-0.2, 0) is 6.42 Å². The molecule has 0 heterocycles. The Hall–Kier alpha value is 0.280. The van der Waals surface area contributed by atoms with Gasteiger partial charge in [-0.25, -0.2) is 0 Å². The van der Waals surface area contributed by atoms with Gasteiger partial charge >= 0.3 is 0 Å². The summed E-state index contributed by atoms with van der Waals surface area (Å²) in [5, 5.41) is 1.28. The van der Waals surface area contributed by atoms with Crippen LogP contribution in [0.15, 0.2) is 18.2 Å². The number of rotatable bonds is 8. The van der Waals surface area contributed by atoms with Gasteiger partial charge in [0.25, 0.3) is 0 Å². The van der Waals surface area contributed by atoms with Crippen molar-refractivity contribution in [2.24, 2.45) is 0 Å². The number of unbranched alkanes of at least 4 members (excludes halogenated alkanes) is 4. The van der Waals surface area contributed by atoms with Crippen molar-refractivity contribution < 1.29 is 0 Å². The smallest absolute Gasteiger partial charge is 0.0595 e. The van der Waals surface area contributed by atoms with E-state index in [4.69, 9.17) is 23.2 Å². The molecule has 0 nitrogen and oxygen atoms in total. The summed E-state index contributed by atoms with van der Waals surface area (Å²) in [5.74, 6) is 0. The molecule has 0 bridgehead atoms. The average molecular weight is 352 g/mol. The van der Waals surface area contributed by atoms with Crippen molar-refractivity contribution in [3.63, 3.8) is 0 Å². The number of alkyl halides is 1. The van der Waals surface area contributed by atoms with Crippen molar-refractivity contribution in [1.82, 2.24) is 0 Å². The van der Waals surface area contributed by atoms with Gasteiger partial charge in [0.15, 0.2) is 0 Å². The fourth-order valence-electron chi connectivity index (χ4n) is 1.99. The summed E-state index contributed by atoms with van der Waals surface area (Å²) >= 11 is 15.7. The highest BCUT2D eigenvalue weighted by Crippen LogP contribution is 2.25. The van der Waals surface area contributed by atoms with Gasteiger partial charge in [-0.1, -0.05) is 84.2 Å². The van der Waals surface area contributed by atoms with Gasteiger partial charge in [0, 0.05) is 4.83 Å². The van der Waals surface area contributed by atoms with Crippen molar-refractivity contribution in [2.45, 2.75) is 56.7 Å². The van der Waals surface area contributed by atoms with Gasteiger partial charge in [-0.15, -0.1) is 0 Å². The maximum atomic E-state index is 6.01. The van der Waals surface area contributed by atoms with E-state index in [1.54, 1.807) is 0 Å². The monoisotopic (exact) mass is 350 g/mol. The summed E-state index contributed by atoms with van der Waals surface area (Å²) in [6.45, 7) is 2.25. The van der Waals surface area contributed by atoms with E-state index >= 15 is 0 Å². The molecule has 1 rings (SSSR count). The van der Waals surface area contributed by atoms with Crippen LogP contribution in [0.2, 0.25) is 10.0 Å². The maximum absolute atomic E-state index is 6.01. The van der Waals surface area contributed by atoms with Crippen molar-refractivity contribution in [3.05, 3.63) is 33.8 Å². The van der Waals surface area contributed by atoms with Gasteiger partial charge in [0.05, 0.1) is 10.0 Å². The standard InChI is InChI=1S/C15H21BrCl2/c1-2-3-4-5-6-7-13(16)10-12-8-9-14(17)15(18)11-12/h8-9,11,13H,2-7,10H2,1H3. The molecule has 0 saturated heterocycles. The Kier molecular flexibility index (Phi) is 8.37. The summed E-state index contributed by atoms with van der Waals surface area (Å²) in [5.41, 5.74) is 1.25. The SMILES string of the molecule is CCCCCCCC(Br)Cc1ccc(Cl)c(Cl)c1. The predicted molar refractivity (Wildman–Crippen MR) is 86.3 cm³/mol. The minimum atomic E-state index is 0.538. The molecule has 1 aromatic rings. The second-order valence-electron chi connectivity index (χ2n) is 4.75. The van der Waals surface area contributed by atoms with E-state index in [1.165, 1.54) is 44.1 Å². The zero-order valence-corrected chi connectivity index (χ0v) is 14.0. The summed E-state index contributed by atoms with van der Waals surface area (Å²) in [6.07, 6.45) is 8.92. The molecule has 0 radical (unpaired) electrons. The van der Waals surface area contributed by atoms with E-state index in [-0.39, 0.29) is 0 Å². The molecule has 0 aliphatic heterocycles. The van der Waals surface area contributed by atoms with Crippen molar-refractivity contribution >= 4 is 39.1 Å². The van der Waals surface area contributed by atoms with Crippen molar-refractivity contribution in [2.75, 3.05) is 0 Å². The molecule has 1 unspecified atom stereocenters. The Labute approximate surface area is 129 Å². The van der Waals surface area contributed by atoms with E-state index in [0.717, 1.165) is 6.42 Å². The third-order valence-corrected chi connectivity index (χ3v) is 4.58. The molecule has 0 fully saturated rings. The molecule has 0 spiro atoms. The fourth-order valence-corrected chi connectivity index (χ4v) is 3.01. The second kappa shape index (κ2) is 9.23. The zero-order chi connectivity index (χ0) is 13.4. The lowest BCUT2D eigenvalue weighted by molar-refractivity contribution is 0.598. The van der Waals surface area contributed by atoms with Crippen LogP contribution in [-0.4, -0.2) is 4.83 Å². The first-order valence-corrected chi connectivity index (χ1v) is 8.38. The van der Waals surface area contributed by atoms with E-state index in [1.807, 2.05) is 12.1 Å². The molecule has 1 atom stereocenters. The van der Waals surface area contributed by atoms with Crippen LogP contribution < -0.4 is 0 Å². The Balaban J connectivity index is 2.26. The normalized spacial score (nSPS) is 12.7. The van der Waals surface area contributed by atoms with Crippen LogP contribution in [0.5, 0.6) is 0 Å². The highest BCUT2D eigenvalue weighted by Gasteiger charge is 2.07. The molecular weight excluding hydrogens is 331 g/mol. The van der Waals surface area contributed by atoms with Crippen LogP contribution in [0.4, 0.5) is 0 Å². The van der Waals surface area contributed by atoms with Gasteiger partial charge in [0.1, 0.15) is 0 Å². The molecular formula is C15H21BrCl2. The van der Waals surface area contributed by atoms with Gasteiger partial charge < -0.3 is 0 Å². The second-order valence-corrected chi connectivity index (χ2v) is 6.86. The molecule has 0 N–H and O–H groups in total. The molecule has 0 amide bonds. The van der Waals surface area contributed by atoms with E-state index in [0.29, 0.717) is 14.9 Å². The highest BCUT2D eigenvalue weighted by molar-refractivity contribution is 9.09. The lowest BCUT2D eigenvalue weighted by Crippen LogP contribution is -2.02. The summed E-state index contributed by atoms with van der Waals surface area (Å²) in [6, 6.07) is 5.90. The molecule has 0 aliphatic rings. The molecule has 0 saturated carbocycles. The first-order valence-electron chi connectivity index (χ1n) is 6.71. The Morgan fingerprint density at radius 1 is 1.06 bits per heavy atom. The first-order chi connectivity index (χ1) is 8.63. The van der Waals surface area contributed by atoms with E-state index < -0.39 is 0 Å². The van der Waals surface area contributed by atoms with Crippen LogP contribution in [0.3, 0.4) is 0 Å². The summed E-state index contributed by atoms with van der Waals surface area (Å²) < 4.78 is 0. The van der Waals surface area contributed by atoms with E-state index in [2.05, 4.69) is 28.9 Å².